The Hall–Kier alpha value is -1.00. The molecule has 1 aromatic rings. The van der Waals surface area contributed by atoms with Crippen LogP contribution < -0.4 is 5.32 Å². The number of rotatable bonds is 10. The Kier molecular flexibility index (Phi) is 8.38. The van der Waals surface area contributed by atoms with Gasteiger partial charge in [-0.3, -0.25) is 4.98 Å². The largest absolute Gasteiger partial charge is 0.309 e. The lowest BCUT2D eigenvalue weighted by atomic mass is 10.1. The lowest BCUT2D eigenvalue weighted by molar-refractivity contribution is 0.300. The van der Waals surface area contributed by atoms with Gasteiger partial charge in [0.05, 0.1) is 17.9 Å². The SMILES string of the molecule is CCCCCN(C)CCC(NCC)c1ccc(F)cn1. The molecule has 1 unspecified atom stereocenters. The average Bonchev–Trinajstić information content (AvgIpc) is 2.45. The Bertz CT molecular complexity index is 353. The molecule has 0 spiro atoms. The Morgan fingerprint density at radius 1 is 1.25 bits per heavy atom. The molecule has 0 saturated heterocycles. The Balaban J connectivity index is 2.44. The van der Waals surface area contributed by atoms with Gasteiger partial charge in [0.25, 0.3) is 0 Å². The van der Waals surface area contributed by atoms with Crippen molar-refractivity contribution in [2.75, 3.05) is 26.7 Å². The quantitative estimate of drug-likeness (QED) is 0.666. The van der Waals surface area contributed by atoms with E-state index in [1.54, 1.807) is 6.07 Å². The standard InChI is InChI=1S/C16H28FN3/c1-4-6-7-11-20(3)12-10-16(18-5-2)15-9-8-14(17)13-19-15/h8-9,13,16,18H,4-7,10-12H2,1-3H3. The third kappa shape index (κ3) is 6.44. The molecule has 0 amide bonds. The maximum atomic E-state index is 12.9. The van der Waals surface area contributed by atoms with Crippen LogP contribution in [0.1, 0.15) is 51.3 Å². The number of pyridine rings is 1. The molecule has 1 heterocycles. The van der Waals surface area contributed by atoms with Crippen LogP contribution in [0.3, 0.4) is 0 Å². The fraction of sp³-hybridized carbons (Fsp3) is 0.688. The summed E-state index contributed by atoms with van der Waals surface area (Å²) in [4.78, 5) is 6.56. The van der Waals surface area contributed by atoms with Crippen LogP contribution in [0, 0.1) is 5.82 Å². The van der Waals surface area contributed by atoms with Gasteiger partial charge in [-0.2, -0.15) is 0 Å². The van der Waals surface area contributed by atoms with Crippen LogP contribution >= 0.6 is 0 Å². The molecule has 4 heteroatoms. The summed E-state index contributed by atoms with van der Waals surface area (Å²) in [6.07, 6.45) is 6.10. The van der Waals surface area contributed by atoms with Gasteiger partial charge in [-0.1, -0.05) is 26.7 Å². The van der Waals surface area contributed by atoms with E-state index < -0.39 is 0 Å². The molecule has 0 bridgehead atoms. The Morgan fingerprint density at radius 3 is 2.65 bits per heavy atom. The van der Waals surface area contributed by atoms with Gasteiger partial charge in [0.2, 0.25) is 0 Å². The zero-order valence-corrected chi connectivity index (χ0v) is 13.0. The monoisotopic (exact) mass is 281 g/mol. The van der Waals surface area contributed by atoms with Crippen LogP contribution in [-0.4, -0.2) is 36.6 Å². The van der Waals surface area contributed by atoms with Crippen LogP contribution in [-0.2, 0) is 0 Å². The van der Waals surface area contributed by atoms with E-state index in [0.717, 1.165) is 31.7 Å². The number of unbranched alkanes of at least 4 members (excludes halogenated alkanes) is 2. The average molecular weight is 281 g/mol. The minimum Gasteiger partial charge on any atom is -0.309 e. The third-order valence-corrected chi connectivity index (χ3v) is 3.50. The predicted molar refractivity (Wildman–Crippen MR) is 82.3 cm³/mol. The van der Waals surface area contributed by atoms with Crippen LogP contribution in [0.2, 0.25) is 0 Å². The van der Waals surface area contributed by atoms with Gasteiger partial charge < -0.3 is 10.2 Å². The molecule has 0 aliphatic carbocycles. The molecule has 1 N–H and O–H groups in total. The van der Waals surface area contributed by atoms with Crippen molar-refractivity contribution < 1.29 is 4.39 Å². The van der Waals surface area contributed by atoms with E-state index in [4.69, 9.17) is 0 Å². The van der Waals surface area contributed by atoms with Crippen LogP contribution in [0.15, 0.2) is 18.3 Å². The minimum absolute atomic E-state index is 0.203. The summed E-state index contributed by atoms with van der Waals surface area (Å²) in [6, 6.07) is 3.46. The van der Waals surface area contributed by atoms with Crippen LogP contribution in [0.5, 0.6) is 0 Å². The molecular formula is C16H28FN3. The van der Waals surface area contributed by atoms with Crippen molar-refractivity contribution in [3.8, 4) is 0 Å². The highest BCUT2D eigenvalue weighted by atomic mass is 19.1. The second-order valence-corrected chi connectivity index (χ2v) is 5.31. The molecule has 0 radical (unpaired) electrons. The molecule has 1 rings (SSSR count). The maximum absolute atomic E-state index is 12.9. The first-order valence-corrected chi connectivity index (χ1v) is 7.70. The van der Waals surface area contributed by atoms with Crippen molar-refractivity contribution >= 4 is 0 Å². The van der Waals surface area contributed by atoms with Crippen molar-refractivity contribution in [1.82, 2.24) is 15.2 Å². The number of nitrogens with one attached hydrogen (secondary N) is 1. The van der Waals surface area contributed by atoms with Gasteiger partial charge in [0.1, 0.15) is 5.82 Å². The lowest BCUT2D eigenvalue weighted by Crippen LogP contribution is -2.28. The van der Waals surface area contributed by atoms with E-state index in [9.17, 15) is 4.39 Å². The van der Waals surface area contributed by atoms with E-state index in [1.165, 1.54) is 31.5 Å². The zero-order chi connectivity index (χ0) is 14.8. The number of hydrogen-bond donors (Lipinski definition) is 1. The summed E-state index contributed by atoms with van der Waals surface area (Å²) in [5, 5.41) is 3.43. The zero-order valence-electron chi connectivity index (χ0n) is 13.0. The minimum atomic E-state index is -0.277. The summed E-state index contributed by atoms with van der Waals surface area (Å²) in [6.45, 7) is 7.37. The van der Waals surface area contributed by atoms with Gasteiger partial charge in [-0.15, -0.1) is 0 Å². The number of aromatic nitrogens is 1. The van der Waals surface area contributed by atoms with Gasteiger partial charge in [-0.05, 0) is 51.7 Å². The molecule has 0 aliphatic heterocycles. The molecule has 0 saturated carbocycles. The highest BCUT2D eigenvalue weighted by Crippen LogP contribution is 2.15. The van der Waals surface area contributed by atoms with Crippen molar-refractivity contribution in [3.63, 3.8) is 0 Å². The van der Waals surface area contributed by atoms with E-state index in [0.29, 0.717) is 0 Å². The fourth-order valence-electron chi connectivity index (χ4n) is 2.29. The smallest absolute Gasteiger partial charge is 0.141 e. The van der Waals surface area contributed by atoms with Crippen LogP contribution in [0.25, 0.3) is 0 Å². The van der Waals surface area contributed by atoms with E-state index in [1.807, 2.05) is 0 Å². The lowest BCUT2D eigenvalue weighted by Gasteiger charge is -2.22. The topological polar surface area (TPSA) is 28.2 Å². The summed E-state index contributed by atoms with van der Waals surface area (Å²) in [5.74, 6) is -0.277. The molecule has 0 fully saturated rings. The van der Waals surface area contributed by atoms with Gasteiger partial charge in [0.15, 0.2) is 0 Å². The molecule has 3 nitrogen and oxygen atoms in total. The van der Waals surface area contributed by atoms with E-state index >= 15 is 0 Å². The second kappa shape index (κ2) is 9.83. The highest BCUT2D eigenvalue weighted by Gasteiger charge is 2.12. The number of hydrogen-bond acceptors (Lipinski definition) is 3. The normalized spacial score (nSPS) is 12.8. The Labute approximate surface area is 122 Å². The van der Waals surface area contributed by atoms with Crippen molar-refractivity contribution in [2.24, 2.45) is 0 Å². The molecule has 1 aromatic heterocycles. The number of nitrogens with zero attached hydrogens (tertiary/aromatic N) is 2. The molecule has 114 valence electrons. The van der Waals surface area contributed by atoms with Crippen molar-refractivity contribution in [3.05, 3.63) is 29.8 Å². The summed E-state index contributed by atoms with van der Waals surface area (Å²) in [7, 11) is 2.16. The fourth-order valence-corrected chi connectivity index (χ4v) is 2.29. The maximum Gasteiger partial charge on any atom is 0.141 e. The summed E-state index contributed by atoms with van der Waals surface area (Å²) >= 11 is 0. The van der Waals surface area contributed by atoms with Crippen LogP contribution in [0.4, 0.5) is 4.39 Å². The van der Waals surface area contributed by atoms with Gasteiger partial charge >= 0.3 is 0 Å². The molecule has 20 heavy (non-hydrogen) atoms. The van der Waals surface area contributed by atoms with Crippen molar-refractivity contribution in [2.45, 2.75) is 45.6 Å². The third-order valence-electron chi connectivity index (χ3n) is 3.50. The first kappa shape index (κ1) is 17.1. The van der Waals surface area contributed by atoms with E-state index in [2.05, 4.69) is 36.1 Å². The number of halogens is 1. The molecule has 0 aliphatic rings. The van der Waals surface area contributed by atoms with Gasteiger partial charge in [0, 0.05) is 0 Å². The first-order valence-electron chi connectivity index (χ1n) is 7.70. The van der Waals surface area contributed by atoms with E-state index in [-0.39, 0.29) is 11.9 Å². The summed E-state index contributed by atoms with van der Waals surface area (Å²) < 4.78 is 12.9. The summed E-state index contributed by atoms with van der Waals surface area (Å²) in [5.41, 5.74) is 0.926. The molecule has 1 atom stereocenters. The van der Waals surface area contributed by atoms with Crippen molar-refractivity contribution in [1.29, 1.82) is 0 Å². The molecule has 0 aromatic carbocycles. The Morgan fingerprint density at radius 2 is 2.05 bits per heavy atom. The predicted octanol–water partition coefficient (Wildman–Crippen LogP) is 3.38. The second-order valence-electron chi connectivity index (χ2n) is 5.31. The highest BCUT2D eigenvalue weighted by molar-refractivity contribution is 5.09. The molecular weight excluding hydrogens is 253 g/mol. The first-order chi connectivity index (χ1) is 9.67. The van der Waals surface area contributed by atoms with Gasteiger partial charge in [-0.25, -0.2) is 4.39 Å².